The van der Waals surface area contributed by atoms with Crippen LogP contribution in [0.15, 0.2) is 53.3 Å². The molecule has 3 rings (SSSR count). The van der Waals surface area contributed by atoms with Crippen molar-refractivity contribution < 1.29 is 9.18 Å². The van der Waals surface area contributed by atoms with E-state index in [4.69, 9.17) is 0 Å². The Balaban J connectivity index is 2.25. The van der Waals surface area contributed by atoms with E-state index in [-0.39, 0.29) is 16.7 Å². The highest BCUT2D eigenvalue weighted by molar-refractivity contribution is 7.07. The van der Waals surface area contributed by atoms with Gasteiger partial charge in [-0.05, 0) is 49.8 Å². The summed E-state index contributed by atoms with van der Waals surface area (Å²) in [6, 6.07) is 14.6. The van der Waals surface area contributed by atoms with Gasteiger partial charge in [-0.1, -0.05) is 29.8 Å². The molecule has 140 valence electrons. The molecule has 6 heteroatoms. The Kier molecular flexibility index (Phi) is 5.67. The van der Waals surface area contributed by atoms with Crippen LogP contribution in [0.3, 0.4) is 0 Å². The first-order valence-electron chi connectivity index (χ1n) is 8.67. The predicted octanol–water partition coefficient (Wildman–Crippen LogP) is 2.76. The van der Waals surface area contributed by atoms with Crippen molar-refractivity contribution in [2.75, 3.05) is 0 Å². The van der Waals surface area contributed by atoms with Crippen LogP contribution in [0.1, 0.15) is 28.4 Å². The van der Waals surface area contributed by atoms with Crippen LogP contribution in [0.2, 0.25) is 0 Å². The molecular weight excluding hydrogens is 375 g/mol. The Morgan fingerprint density at radius 2 is 1.96 bits per heavy atom. The zero-order valence-electron chi connectivity index (χ0n) is 15.4. The van der Waals surface area contributed by atoms with Crippen molar-refractivity contribution in [1.82, 2.24) is 4.57 Å². The summed E-state index contributed by atoms with van der Waals surface area (Å²) in [6.07, 6.45) is 1.76. The number of carbonyl (C=O) groups excluding carboxylic acids is 1. The summed E-state index contributed by atoms with van der Waals surface area (Å²) in [7, 11) is 0. The third-order valence-corrected chi connectivity index (χ3v) is 5.35. The zero-order chi connectivity index (χ0) is 20.3. The summed E-state index contributed by atoms with van der Waals surface area (Å²) in [5.41, 5.74) is 1.77. The van der Waals surface area contributed by atoms with Crippen LogP contribution in [0.4, 0.5) is 4.39 Å². The van der Waals surface area contributed by atoms with Crippen LogP contribution in [0.25, 0.3) is 11.6 Å². The third-order valence-electron chi connectivity index (χ3n) is 4.22. The van der Waals surface area contributed by atoms with Gasteiger partial charge in [0.15, 0.2) is 0 Å². The summed E-state index contributed by atoms with van der Waals surface area (Å²) in [5.74, 6) is -1.00. The second kappa shape index (κ2) is 8.15. The number of ketones is 1. The van der Waals surface area contributed by atoms with E-state index in [1.807, 2.05) is 37.3 Å². The SMILES string of the molecule is CCn1c(=O)/c(=C\c2cccc(C)c2)s/c1=C(/C#N)C(=O)c1ccc(F)cc1. The quantitative estimate of drug-likeness (QED) is 0.642. The lowest BCUT2D eigenvalue weighted by Gasteiger charge is -2.00. The minimum atomic E-state index is -0.534. The standard InChI is InChI=1S/C22H17FN2O2S/c1-3-25-21(27)19(12-15-6-4-5-14(2)11-15)28-22(25)18(13-24)20(26)16-7-9-17(23)10-8-16/h4-12H,3H2,1-2H3/b19-12+,22-18-. The number of Topliss-reactive ketones (excluding diaryl/α,β-unsaturated/α-hetero) is 1. The van der Waals surface area contributed by atoms with Crippen molar-refractivity contribution >= 4 is 28.8 Å². The van der Waals surface area contributed by atoms with Gasteiger partial charge in [-0.25, -0.2) is 4.39 Å². The molecule has 1 aromatic heterocycles. The normalized spacial score (nSPS) is 12.6. The molecule has 3 aromatic rings. The highest BCUT2D eigenvalue weighted by atomic mass is 32.1. The molecule has 0 radical (unpaired) electrons. The fraction of sp³-hybridized carbons (Fsp3) is 0.136. The average molecular weight is 392 g/mol. The second-order valence-corrected chi connectivity index (χ2v) is 7.23. The monoisotopic (exact) mass is 392 g/mol. The maximum Gasteiger partial charge on any atom is 0.269 e. The Morgan fingerprint density at radius 3 is 2.57 bits per heavy atom. The predicted molar refractivity (Wildman–Crippen MR) is 108 cm³/mol. The number of aromatic nitrogens is 1. The minimum absolute atomic E-state index is 0.126. The second-order valence-electron chi connectivity index (χ2n) is 6.20. The molecule has 0 fully saturated rings. The zero-order valence-corrected chi connectivity index (χ0v) is 16.2. The smallest absolute Gasteiger partial charge is 0.269 e. The van der Waals surface area contributed by atoms with Gasteiger partial charge in [-0.2, -0.15) is 5.26 Å². The molecule has 0 saturated carbocycles. The molecule has 0 spiro atoms. The van der Waals surface area contributed by atoms with E-state index in [0.717, 1.165) is 22.5 Å². The summed E-state index contributed by atoms with van der Waals surface area (Å²) < 4.78 is 15.3. The lowest BCUT2D eigenvalue weighted by molar-refractivity contribution is 0.105. The highest BCUT2D eigenvalue weighted by Crippen LogP contribution is 2.10. The Morgan fingerprint density at radius 1 is 1.25 bits per heavy atom. The van der Waals surface area contributed by atoms with E-state index >= 15 is 0 Å². The first-order valence-corrected chi connectivity index (χ1v) is 9.49. The summed E-state index contributed by atoms with van der Waals surface area (Å²) in [6.45, 7) is 4.07. The number of rotatable bonds is 4. The fourth-order valence-electron chi connectivity index (χ4n) is 2.85. The maximum atomic E-state index is 13.1. The third kappa shape index (κ3) is 3.85. The highest BCUT2D eigenvalue weighted by Gasteiger charge is 2.17. The molecule has 0 bridgehead atoms. The number of aryl methyl sites for hydroxylation is 1. The molecule has 0 N–H and O–H groups in total. The summed E-state index contributed by atoms with van der Waals surface area (Å²) >= 11 is 1.11. The van der Waals surface area contributed by atoms with E-state index in [9.17, 15) is 19.2 Å². The van der Waals surface area contributed by atoms with Crippen LogP contribution >= 0.6 is 11.3 Å². The van der Waals surface area contributed by atoms with Gasteiger partial charge in [0.2, 0.25) is 5.78 Å². The first kappa shape index (κ1) is 19.5. The first-order chi connectivity index (χ1) is 13.4. The summed E-state index contributed by atoms with van der Waals surface area (Å²) in [5, 5.41) is 9.61. The van der Waals surface area contributed by atoms with Crippen LogP contribution in [-0.2, 0) is 6.54 Å². The lowest BCUT2D eigenvalue weighted by atomic mass is 10.1. The van der Waals surface area contributed by atoms with Gasteiger partial charge in [0.1, 0.15) is 22.1 Å². The van der Waals surface area contributed by atoms with Crippen molar-refractivity contribution in [2.24, 2.45) is 0 Å². The lowest BCUT2D eigenvalue weighted by Crippen LogP contribution is -2.32. The van der Waals surface area contributed by atoms with Crippen LogP contribution in [0, 0.1) is 24.1 Å². The topological polar surface area (TPSA) is 62.9 Å². The van der Waals surface area contributed by atoms with Crippen molar-refractivity contribution in [3.63, 3.8) is 0 Å². The molecule has 0 aliphatic carbocycles. The Hall–Kier alpha value is -3.30. The van der Waals surface area contributed by atoms with Gasteiger partial charge < -0.3 is 0 Å². The molecule has 0 aliphatic rings. The molecule has 0 saturated heterocycles. The maximum absolute atomic E-state index is 13.1. The van der Waals surface area contributed by atoms with Gasteiger partial charge >= 0.3 is 0 Å². The number of carbonyl (C=O) groups is 1. The van der Waals surface area contributed by atoms with Crippen molar-refractivity contribution in [2.45, 2.75) is 20.4 Å². The largest absolute Gasteiger partial charge is 0.298 e. The van der Waals surface area contributed by atoms with E-state index < -0.39 is 11.6 Å². The molecule has 0 unspecified atom stereocenters. The van der Waals surface area contributed by atoms with Gasteiger partial charge in [0.05, 0.1) is 4.53 Å². The Bertz CT molecular complexity index is 1260. The van der Waals surface area contributed by atoms with Gasteiger partial charge in [0.25, 0.3) is 5.56 Å². The molecule has 28 heavy (non-hydrogen) atoms. The van der Waals surface area contributed by atoms with Crippen LogP contribution < -0.4 is 14.8 Å². The van der Waals surface area contributed by atoms with Gasteiger partial charge in [0, 0.05) is 12.1 Å². The number of nitriles is 1. The molecular formula is C22H17FN2O2S. The molecule has 0 atom stereocenters. The Labute approximate surface area is 165 Å². The van der Waals surface area contributed by atoms with E-state index in [1.165, 1.54) is 28.8 Å². The average Bonchev–Trinajstić information content (AvgIpc) is 2.98. The van der Waals surface area contributed by atoms with Gasteiger partial charge in [-0.15, -0.1) is 11.3 Å². The van der Waals surface area contributed by atoms with E-state index in [2.05, 4.69) is 0 Å². The van der Waals surface area contributed by atoms with Crippen molar-refractivity contribution in [1.29, 1.82) is 5.26 Å². The van der Waals surface area contributed by atoms with Gasteiger partial charge in [-0.3, -0.25) is 14.2 Å². The number of nitrogens with zero attached hydrogens (tertiary/aromatic N) is 2. The molecule has 0 aliphatic heterocycles. The molecule has 1 heterocycles. The number of benzene rings is 2. The number of hydrogen-bond acceptors (Lipinski definition) is 4. The number of halogens is 1. The molecule has 4 nitrogen and oxygen atoms in total. The molecule has 2 aromatic carbocycles. The summed E-state index contributed by atoms with van der Waals surface area (Å²) in [4.78, 5) is 25.6. The van der Waals surface area contributed by atoms with Crippen molar-refractivity contribution in [3.05, 3.63) is 90.6 Å². The fourth-order valence-corrected chi connectivity index (χ4v) is 4.01. The minimum Gasteiger partial charge on any atom is -0.298 e. The number of thiazole rings is 1. The van der Waals surface area contributed by atoms with E-state index in [1.54, 1.807) is 13.0 Å². The van der Waals surface area contributed by atoms with Crippen molar-refractivity contribution in [3.8, 4) is 6.07 Å². The number of hydrogen-bond donors (Lipinski definition) is 0. The van der Waals surface area contributed by atoms with E-state index in [0.29, 0.717) is 15.7 Å². The van der Waals surface area contributed by atoms with Crippen LogP contribution in [-0.4, -0.2) is 10.4 Å². The molecule has 0 amide bonds. The van der Waals surface area contributed by atoms with Crippen LogP contribution in [0.5, 0.6) is 0 Å².